The minimum absolute atomic E-state index is 0.555. The van der Waals surface area contributed by atoms with Crippen LogP contribution in [-0.4, -0.2) is 17.1 Å². The Labute approximate surface area is 152 Å². The van der Waals surface area contributed by atoms with Gasteiger partial charge in [-0.05, 0) is 48.4 Å². The largest absolute Gasteiger partial charge is 0.497 e. The molecule has 2 aromatic carbocycles. The number of halogens is 1. The summed E-state index contributed by atoms with van der Waals surface area (Å²) in [7, 11) is 1.65. The summed E-state index contributed by atoms with van der Waals surface area (Å²) in [6.45, 7) is 2.60. The number of nitrogens with one attached hydrogen (secondary N) is 2. The van der Waals surface area contributed by atoms with E-state index in [1.54, 1.807) is 13.3 Å². The number of aryl methyl sites for hydroxylation is 1. The zero-order valence-corrected chi connectivity index (χ0v) is 14.8. The zero-order chi connectivity index (χ0) is 17.6. The van der Waals surface area contributed by atoms with E-state index in [9.17, 15) is 0 Å². The van der Waals surface area contributed by atoms with E-state index < -0.39 is 0 Å². The predicted octanol–water partition coefficient (Wildman–Crippen LogP) is 4.80. The maximum Gasteiger partial charge on any atom is 0.224 e. The topological polar surface area (TPSA) is 59.1 Å². The summed E-state index contributed by atoms with van der Waals surface area (Å²) in [6.07, 6.45) is 1.71. The first-order valence-corrected chi connectivity index (χ1v) is 8.25. The van der Waals surface area contributed by atoms with Crippen LogP contribution in [0.5, 0.6) is 5.75 Å². The molecule has 1 heterocycles. The van der Waals surface area contributed by atoms with Crippen molar-refractivity contribution in [3.05, 3.63) is 70.9 Å². The molecule has 0 saturated carbocycles. The smallest absolute Gasteiger partial charge is 0.224 e. The SMILES string of the molecule is COc1ccc(CNc2nccc(Nc3ccc(C)c(Cl)c3)n2)cc1. The quantitative estimate of drug-likeness (QED) is 0.665. The Kier molecular flexibility index (Phi) is 5.36. The maximum absolute atomic E-state index is 6.16. The highest BCUT2D eigenvalue weighted by atomic mass is 35.5. The summed E-state index contributed by atoms with van der Waals surface area (Å²) in [4.78, 5) is 8.72. The minimum atomic E-state index is 0.555. The summed E-state index contributed by atoms with van der Waals surface area (Å²) in [5.74, 6) is 2.09. The molecular formula is C19H19ClN4O. The van der Waals surface area contributed by atoms with Gasteiger partial charge in [0.1, 0.15) is 11.6 Å². The zero-order valence-electron chi connectivity index (χ0n) is 14.1. The Hall–Kier alpha value is -2.79. The third-order valence-corrected chi connectivity index (χ3v) is 4.12. The van der Waals surface area contributed by atoms with Gasteiger partial charge in [-0.3, -0.25) is 0 Å². The van der Waals surface area contributed by atoms with Gasteiger partial charge in [0.05, 0.1) is 7.11 Å². The molecule has 0 atom stereocenters. The van der Waals surface area contributed by atoms with E-state index in [2.05, 4.69) is 20.6 Å². The van der Waals surface area contributed by atoms with Crippen LogP contribution in [0.4, 0.5) is 17.5 Å². The molecule has 3 rings (SSSR count). The van der Waals surface area contributed by atoms with Crippen molar-refractivity contribution in [3.63, 3.8) is 0 Å². The van der Waals surface area contributed by atoms with E-state index in [4.69, 9.17) is 16.3 Å². The van der Waals surface area contributed by atoms with Crippen molar-refractivity contribution in [2.45, 2.75) is 13.5 Å². The normalized spacial score (nSPS) is 10.4. The van der Waals surface area contributed by atoms with Crippen LogP contribution >= 0.6 is 11.6 Å². The van der Waals surface area contributed by atoms with E-state index >= 15 is 0 Å². The van der Waals surface area contributed by atoms with E-state index in [1.807, 2.05) is 55.5 Å². The molecule has 5 nitrogen and oxygen atoms in total. The van der Waals surface area contributed by atoms with Gasteiger partial charge in [0.25, 0.3) is 0 Å². The Balaban J connectivity index is 1.65. The first-order chi connectivity index (χ1) is 12.1. The highest BCUT2D eigenvalue weighted by molar-refractivity contribution is 6.31. The van der Waals surface area contributed by atoms with E-state index in [0.29, 0.717) is 18.3 Å². The second-order valence-corrected chi connectivity index (χ2v) is 5.96. The number of hydrogen-bond acceptors (Lipinski definition) is 5. The second kappa shape index (κ2) is 7.85. The van der Waals surface area contributed by atoms with Crippen molar-refractivity contribution in [1.82, 2.24) is 9.97 Å². The second-order valence-electron chi connectivity index (χ2n) is 5.56. The van der Waals surface area contributed by atoms with Crippen molar-refractivity contribution >= 4 is 29.1 Å². The standard InChI is InChI=1S/C19H19ClN4O/c1-13-3-6-15(11-17(13)20)23-18-9-10-21-19(24-18)22-12-14-4-7-16(25-2)8-5-14/h3-11H,12H2,1-2H3,(H2,21,22,23,24). The van der Waals surface area contributed by atoms with Gasteiger partial charge in [0.15, 0.2) is 0 Å². The lowest BCUT2D eigenvalue weighted by atomic mass is 10.2. The van der Waals surface area contributed by atoms with Crippen molar-refractivity contribution in [2.24, 2.45) is 0 Å². The van der Waals surface area contributed by atoms with Crippen LogP contribution < -0.4 is 15.4 Å². The van der Waals surface area contributed by atoms with Gasteiger partial charge >= 0.3 is 0 Å². The first kappa shape index (κ1) is 17.0. The third-order valence-electron chi connectivity index (χ3n) is 3.71. The summed E-state index contributed by atoms with van der Waals surface area (Å²) >= 11 is 6.16. The molecule has 1 aromatic heterocycles. The lowest BCUT2D eigenvalue weighted by Gasteiger charge is -2.09. The lowest BCUT2D eigenvalue weighted by Crippen LogP contribution is -2.05. The fourth-order valence-electron chi connectivity index (χ4n) is 2.26. The number of methoxy groups -OCH3 is 1. The molecular weight excluding hydrogens is 336 g/mol. The predicted molar refractivity (Wildman–Crippen MR) is 102 cm³/mol. The lowest BCUT2D eigenvalue weighted by molar-refractivity contribution is 0.414. The molecule has 0 bridgehead atoms. The van der Waals surface area contributed by atoms with E-state index in [1.165, 1.54) is 0 Å². The van der Waals surface area contributed by atoms with Crippen molar-refractivity contribution < 1.29 is 4.74 Å². The Morgan fingerprint density at radius 1 is 1.08 bits per heavy atom. The average Bonchev–Trinajstić information content (AvgIpc) is 2.64. The van der Waals surface area contributed by atoms with Gasteiger partial charge in [-0.1, -0.05) is 29.8 Å². The number of rotatable bonds is 6. The molecule has 0 aliphatic rings. The maximum atomic E-state index is 6.16. The van der Waals surface area contributed by atoms with Crippen LogP contribution in [0.25, 0.3) is 0 Å². The molecule has 0 spiro atoms. The number of aromatic nitrogens is 2. The van der Waals surface area contributed by atoms with E-state index in [-0.39, 0.29) is 0 Å². The molecule has 0 unspecified atom stereocenters. The molecule has 0 amide bonds. The number of hydrogen-bond donors (Lipinski definition) is 2. The Bertz CT molecular complexity index is 852. The highest BCUT2D eigenvalue weighted by Crippen LogP contribution is 2.22. The number of ether oxygens (including phenoxy) is 1. The molecule has 0 fully saturated rings. The van der Waals surface area contributed by atoms with Gasteiger partial charge in [0.2, 0.25) is 5.95 Å². The van der Waals surface area contributed by atoms with Crippen LogP contribution in [0.15, 0.2) is 54.7 Å². The van der Waals surface area contributed by atoms with Crippen molar-refractivity contribution in [2.75, 3.05) is 17.7 Å². The fourth-order valence-corrected chi connectivity index (χ4v) is 2.44. The van der Waals surface area contributed by atoms with Crippen LogP contribution in [0, 0.1) is 6.92 Å². The Morgan fingerprint density at radius 3 is 2.60 bits per heavy atom. The fraction of sp³-hybridized carbons (Fsp3) is 0.158. The van der Waals surface area contributed by atoms with Gasteiger partial charge in [-0.25, -0.2) is 4.98 Å². The minimum Gasteiger partial charge on any atom is -0.497 e. The first-order valence-electron chi connectivity index (χ1n) is 7.87. The number of benzene rings is 2. The van der Waals surface area contributed by atoms with Gasteiger partial charge in [-0.2, -0.15) is 4.98 Å². The van der Waals surface area contributed by atoms with Crippen LogP contribution in [-0.2, 0) is 6.54 Å². The summed E-state index contributed by atoms with van der Waals surface area (Å²) in [6, 6.07) is 15.5. The summed E-state index contributed by atoms with van der Waals surface area (Å²) in [5.41, 5.74) is 3.04. The van der Waals surface area contributed by atoms with Gasteiger partial charge in [0, 0.05) is 23.5 Å². The third kappa shape index (κ3) is 4.61. The summed E-state index contributed by atoms with van der Waals surface area (Å²) in [5, 5.41) is 7.17. The molecule has 0 aliphatic heterocycles. The van der Waals surface area contributed by atoms with E-state index in [0.717, 1.165) is 27.6 Å². The molecule has 25 heavy (non-hydrogen) atoms. The average molecular weight is 355 g/mol. The van der Waals surface area contributed by atoms with Crippen LogP contribution in [0.3, 0.4) is 0 Å². The summed E-state index contributed by atoms with van der Waals surface area (Å²) < 4.78 is 5.16. The van der Waals surface area contributed by atoms with Crippen molar-refractivity contribution in [3.8, 4) is 5.75 Å². The number of nitrogens with zero attached hydrogens (tertiary/aromatic N) is 2. The monoisotopic (exact) mass is 354 g/mol. The molecule has 0 aliphatic carbocycles. The Morgan fingerprint density at radius 2 is 1.88 bits per heavy atom. The molecule has 3 aromatic rings. The molecule has 128 valence electrons. The van der Waals surface area contributed by atoms with Crippen LogP contribution in [0.1, 0.15) is 11.1 Å². The van der Waals surface area contributed by atoms with Crippen molar-refractivity contribution in [1.29, 1.82) is 0 Å². The van der Waals surface area contributed by atoms with Crippen LogP contribution in [0.2, 0.25) is 5.02 Å². The molecule has 0 radical (unpaired) electrons. The number of anilines is 3. The van der Waals surface area contributed by atoms with Gasteiger partial charge in [-0.15, -0.1) is 0 Å². The van der Waals surface area contributed by atoms with Gasteiger partial charge < -0.3 is 15.4 Å². The molecule has 2 N–H and O–H groups in total. The highest BCUT2D eigenvalue weighted by Gasteiger charge is 2.02. The molecule has 6 heteroatoms. The molecule has 0 saturated heterocycles.